The van der Waals surface area contributed by atoms with Crippen molar-refractivity contribution in [3.63, 3.8) is 0 Å². The van der Waals surface area contributed by atoms with Gasteiger partial charge in [0.1, 0.15) is 0 Å². The van der Waals surface area contributed by atoms with E-state index in [9.17, 15) is 4.79 Å². The molecule has 1 amide bonds. The number of hydrogen-bond acceptors (Lipinski definition) is 3. The summed E-state index contributed by atoms with van der Waals surface area (Å²) in [4.78, 5) is 12.3. The molecule has 0 saturated carbocycles. The molecular formula is C10H13ClN2OS. The molecule has 5 heteroatoms. The number of thiophene rings is 1. The van der Waals surface area contributed by atoms with E-state index in [4.69, 9.17) is 11.6 Å². The highest BCUT2D eigenvalue weighted by molar-refractivity contribution is 7.17. The van der Waals surface area contributed by atoms with E-state index in [1.165, 1.54) is 17.8 Å². The lowest BCUT2D eigenvalue weighted by atomic mass is 10.2. The van der Waals surface area contributed by atoms with Gasteiger partial charge < -0.3 is 10.6 Å². The van der Waals surface area contributed by atoms with Crippen LogP contribution in [0.25, 0.3) is 0 Å². The van der Waals surface area contributed by atoms with Crippen molar-refractivity contribution < 1.29 is 4.79 Å². The lowest BCUT2D eigenvalue weighted by molar-refractivity contribution is 0.0954. The molecule has 2 rings (SSSR count). The van der Waals surface area contributed by atoms with Crippen LogP contribution in [0, 0.1) is 0 Å². The first kappa shape index (κ1) is 10.9. The third-order valence-corrected chi connectivity index (χ3v) is 3.70. The van der Waals surface area contributed by atoms with E-state index >= 15 is 0 Å². The van der Waals surface area contributed by atoms with Crippen molar-refractivity contribution in [1.82, 2.24) is 10.6 Å². The van der Waals surface area contributed by atoms with E-state index in [-0.39, 0.29) is 5.91 Å². The second-order valence-corrected chi connectivity index (χ2v) is 5.32. The third-order valence-electron chi connectivity index (χ3n) is 2.47. The quantitative estimate of drug-likeness (QED) is 0.853. The van der Waals surface area contributed by atoms with Crippen molar-refractivity contribution in [2.45, 2.75) is 18.9 Å². The summed E-state index contributed by atoms with van der Waals surface area (Å²) in [5.74, 6) is -0.0272. The molecule has 1 aliphatic rings. The predicted octanol–water partition coefficient (Wildman–Crippen LogP) is 1.88. The average Bonchev–Trinajstić information content (AvgIpc) is 2.84. The molecule has 1 aromatic heterocycles. The SMILES string of the molecule is O=C(NCC1CCCN1)c1ccc(Cl)s1. The predicted molar refractivity (Wildman–Crippen MR) is 62.7 cm³/mol. The molecule has 1 unspecified atom stereocenters. The number of rotatable bonds is 3. The zero-order chi connectivity index (χ0) is 10.7. The molecule has 0 radical (unpaired) electrons. The van der Waals surface area contributed by atoms with Gasteiger partial charge in [-0.15, -0.1) is 11.3 Å². The van der Waals surface area contributed by atoms with Crippen LogP contribution < -0.4 is 10.6 Å². The summed E-state index contributed by atoms with van der Waals surface area (Å²) in [5.41, 5.74) is 0. The van der Waals surface area contributed by atoms with E-state index in [1.807, 2.05) is 0 Å². The van der Waals surface area contributed by atoms with Gasteiger partial charge in [-0.1, -0.05) is 11.6 Å². The molecule has 1 aliphatic heterocycles. The monoisotopic (exact) mass is 244 g/mol. The maximum Gasteiger partial charge on any atom is 0.261 e. The lowest BCUT2D eigenvalue weighted by Gasteiger charge is -2.10. The number of nitrogens with one attached hydrogen (secondary N) is 2. The zero-order valence-electron chi connectivity index (χ0n) is 8.25. The van der Waals surface area contributed by atoms with Gasteiger partial charge in [0.05, 0.1) is 9.21 Å². The number of carbonyl (C=O) groups is 1. The van der Waals surface area contributed by atoms with Crippen molar-refractivity contribution in [3.05, 3.63) is 21.3 Å². The van der Waals surface area contributed by atoms with Gasteiger partial charge in [-0.25, -0.2) is 0 Å². The summed E-state index contributed by atoms with van der Waals surface area (Å²) in [6, 6.07) is 3.93. The number of halogens is 1. The molecule has 0 bridgehead atoms. The van der Waals surface area contributed by atoms with Crippen LogP contribution in [0.15, 0.2) is 12.1 Å². The van der Waals surface area contributed by atoms with Gasteiger partial charge >= 0.3 is 0 Å². The van der Waals surface area contributed by atoms with Crippen LogP contribution >= 0.6 is 22.9 Å². The highest BCUT2D eigenvalue weighted by atomic mass is 35.5. The Kier molecular flexibility index (Phi) is 3.61. The number of carbonyl (C=O) groups excluding carboxylic acids is 1. The Bertz CT molecular complexity index is 347. The van der Waals surface area contributed by atoms with E-state index in [1.54, 1.807) is 12.1 Å². The molecular weight excluding hydrogens is 232 g/mol. The van der Waals surface area contributed by atoms with Crippen LogP contribution in [0.3, 0.4) is 0 Å². The Morgan fingerprint density at radius 3 is 3.13 bits per heavy atom. The summed E-state index contributed by atoms with van der Waals surface area (Å²) < 4.78 is 0.652. The third kappa shape index (κ3) is 2.93. The lowest BCUT2D eigenvalue weighted by Crippen LogP contribution is -2.36. The fourth-order valence-corrected chi connectivity index (χ4v) is 2.63. The molecule has 82 valence electrons. The van der Waals surface area contributed by atoms with Gasteiger partial charge in [0.2, 0.25) is 0 Å². The normalized spacial score (nSPS) is 20.5. The van der Waals surface area contributed by atoms with Crippen LogP contribution in [-0.4, -0.2) is 25.0 Å². The minimum atomic E-state index is -0.0272. The molecule has 0 spiro atoms. The van der Waals surface area contributed by atoms with Gasteiger partial charge in [-0.05, 0) is 31.5 Å². The van der Waals surface area contributed by atoms with Gasteiger partial charge in [-0.2, -0.15) is 0 Å². The molecule has 1 atom stereocenters. The molecule has 1 aromatic rings. The fraction of sp³-hybridized carbons (Fsp3) is 0.500. The summed E-state index contributed by atoms with van der Waals surface area (Å²) in [6.45, 7) is 1.76. The van der Waals surface area contributed by atoms with Crippen molar-refractivity contribution in [2.24, 2.45) is 0 Å². The largest absolute Gasteiger partial charge is 0.350 e. The first-order valence-electron chi connectivity index (χ1n) is 5.02. The molecule has 2 N–H and O–H groups in total. The minimum absolute atomic E-state index is 0.0272. The zero-order valence-corrected chi connectivity index (χ0v) is 9.83. The highest BCUT2D eigenvalue weighted by Crippen LogP contribution is 2.21. The minimum Gasteiger partial charge on any atom is -0.350 e. The van der Waals surface area contributed by atoms with Crippen molar-refractivity contribution in [1.29, 1.82) is 0 Å². The average molecular weight is 245 g/mol. The maximum absolute atomic E-state index is 11.6. The fourth-order valence-electron chi connectivity index (χ4n) is 1.67. The van der Waals surface area contributed by atoms with Crippen molar-refractivity contribution in [3.8, 4) is 0 Å². The molecule has 15 heavy (non-hydrogen) atoms. The molecule has 1 saturated heterocycles. The standard InChI is InChI=1S/C10H13ClN2OS/c11-9-4-3-8(15-9)10(14)13-6-7-2-1-5-12-7/h3-4,7,12H,1-2,5-6H2,(H,13,14). The topological polar surface area (TPSA) is 41.1 Å². The summed E-state index contributed by atoms with van der Waals surface area (Å²) in [6.07, 6.45) is 2.34. The van der Waals surface area contributed by atoms with Gasteiger partial charge in [0.15, 0.2) is 0 Å². The maximum atomic E-state index is 11.6. The van der Waals surface area contributed by atoms with Gasteiger partial charge in [0, 0.05) is 12.6 Å². The highest BCUT2D eigenvalue weighted by Gasteiger charge is 2.15. The van der Waals surface area contributed by atoms with Gasteiger partial charge in [-0.3, -0.25) is 4.79 Å². The van der Waals surface area contributed by atoms with Crippen LogP contribution in [0.1, 0.15) is 22.5 Å². The summed E-state index contributed by atoms with van der Waals surface area (Å²) in [5, 5.41) is 6.24. The Morgan fingerprint density at radius 1 is 1.67 bits per heavy atom. The van der Waals surface area contributed by atoms with Crippen molar-refractivity contribution >= 4 is 28.8 Å². The van der Waals surface area contributed by atoms with E-state index in [2.05, 4.69) is 10.6 Å². The Morgan fingerprint density at radius 2 is 2.53 bits per heavy atom. The van der Waals surface area contributed by atoms with Crippen LogP contribution in [0.5, 0.6) is 0 Å². The van der Waals surface area contributed by atoms with Crippen LogP contribution in [0.2, 0.25) is 4.34 Å². The van der Waals surface area contributed by atoms with E-state index in [0.29, 0.717) is 21.8 Å². The second-order valence-electron chi connectivity index (χ2n) is 3.61. The van der Waals surface area contributed by atoms with Crippen LogP contribution in [-0.2, 0) is 0 Å². The second kappa shape index (κ2) is 4.96. The molecule has 2 heterocycles. The smallest absolute Gasteiger partial charge is 0.261 e. The summed E-state index contributed by atoms with van der Waals surface area (Å²) >= 11 is 7.07. The molecule has 3 nitrogen and oxygen atoms in total. The van der Waals surface area contributed by atoms with Crippen molar-refractivity contribution in [2.75, 3.05) is 13.1 Å². The van der Waals surface area contributed by atoms with Gasteiger partial charge in [0.25, 0.3) is 5.91 Å². The molecule has 1 fully saturated rings. The Labute approximate surface area is 97.8 Å². The Hall–Kier alpha value is -0.580. The van der Waals surface area contributed by atoms with E-state index in [0.717, 1.165) is 13.0 Å². The Balaban J connectivity index is 1.81. The van der Waals surface area contributed by atoms with E-state index < -0.39 is 0 Å². The number of hydrogen-bond donors (Lipinski definition) is 2. The van der Waals surface area contributed by atoms with Crippen LogP contribution in [0.4, 0.5) is 0 Å². The molecule has 0 aliphatic carbocycles. The summed E-state index contributed by atoms with van der Waals surface area (Å²) in [7, 11) is 0. The molecule has 0 aromatic carbocycles. The number of amides is 1. The first-order valence-corrected chi connectivity index (χ1v) is 6.22. The first-order chi connectivity index (χ1) is 7.25.